The van der Waals surface area contributed by atoms with Crippen molar-refractivity contribution in [2.75, 3.05) is 19.0 Å². The van der Waals surface area contributed by atoms with Gasteiger partial charge in [0.15, 0.2) is 10.3 Å². The minimum atomic E-state index is -0.209. The highest BCUT2D eigenvalue weighted by Crippen LogP contribution is 2.27. The van der Waals surface area contributed by atoms with E-state index in [1.54, 1.807) is 30.3 Å². The summed E-state index contributed by atoms with van der Waals surface area (Å²) >= 11 is 3.31. The molecular weight excluding hydrogens is 364 g/mol. The number of hydrogen-bond donors (Lipinski definition) is 1. The molecule has 0 saturated heterocycles. The van der Waals surface area contributed by atoms with Gasteiger partial charge in [0, 0.05) is 38.5 Å². The number of carbonyl (C=O) groups is 1. The van der Waals surface area contributed by atoms with E-state index in [0.29, 0.717) is 34.8 Å². The van der Waals surface area contributed by atoms with Crippen LogP contribution in [0.5, 0.6) is 0 Å². The number of ether oxygens (including phenoxy) is 1. The molecule has 0 spiro atoms. The molecule has 3 aromatic rings. The largest absolute Gasteiger partial charge is 0.448 e. The lowest BCUT2D eigenvalue weighted by atomic mass is 10.3. The molecule has 3 heterocycles. The topological polar surface area (TPSA) is 74.2 Å². The molecule has 122 valence electrons. The minimum Gasteiger partial charge on any atom is -0.448 e. The van der Waals surface area contributed by atoms with Crippen molar-refractivity contribution >= 4 is 38.6 Å². The normalized spacial score (nSPS) is 11.3. The summed E-state index contributed by atoms with van der Waals surface area (Å²) in [6, 6.07) is 3.58. The number of amides is 1. The molecule has 23 heavy (non-hydrogen) atoms. The predicted molar refractivity (Wildman–Crippen MR) is 89.6 cm³/mol. The van der Waals surface area contributed by atoms with E-state index in [1.807, 2.05) is 17.6 Å². The van der Waals surface area contributed by atoms with Gasteiger partial charge in [-0.05, 0) is 22.9 Å². The second-order valence-corrected chi connectivity index (χ2v) is 5.79. The molecule has 1 amide bonds. The lowest BCUT2D eigenvalue weighted by Gasteiger charge is -2.09. The molecule has 7 nitrogen and oxygen atoms in total. The van der Waals surface area contributed by atoms with Gasteiger partial charge >= 0.3 is 0 Å². The maximum Gasteiger partial charge on any atom is 0.272 e. The van der Waals surface area contributed by atoms with Gasteiger partial charge in [-0.1, -0.05) is 0 Å². The van der Waals surface area contributed by atoms with E-state index < -0.39 is 0 Å². The number of methoxy groups -OCH3 is 1. The van der Waals surface area contributed by atoms with Gasteiger partial charge in [-0.25, -0.2) is 0 Å². The second kappa shape index (κ2) is 6.59. The van der Waals surface area contributed by atoms with E-state index in [-0.39, 0.29) is 5.91 Å². The van der Waals surface area contributed by atoms with Crippen molar-refractivity contribution in [2.45, 2.75) is 20.0 Å². The summed E-state index contributed by atoms with van der Waals surface area (Å²) in [6.07, 6.45) is 3.42. The van der Waals surface area contributed by atoms with Crippen LogP contribution in [0.25, 0.3) is 11.1 Å². The van der Waals surface area contributed by atoms with Crippen LogP contribution in [0.3, 0.4) is 0 Å². The Kier molecular flexibility index (Phi) is 4.53. The molecule has 0 fully saturated rings. The van der Waals surface area contributed by atoms with Crippen LogP contribution in [0.1, 0.15) is 17.4 Å². The van der Waals surface area contributed by atoms with Gasteiger partial charge in [-0.15, -0.1) is 0 Å². The van der Waals surface area contributed by atoms with Crippen LogP contribution >= 0.6 is 15.9 Å². The molecule has 0 atom stereocenters. The van der Waals surface area contributed by atoms with Gasteiger partial charge in [0.25, 0.3) is 5.91 Å². The van der Waals surface area contributed by atoms with Gasteiger partial charge in [0.1, 0.15) is 5.69 Å². The molecule has 8 heteroatoms. The average Bonchev–Trinajstić information content (AvgIpc) is 3.19. The van der Waals surface area contributed by atoms with Crippen molar-refractivity contribution in [1.29, 1.82) is 0 Å². The Bertz CT molecular complexity index is 833. The smallest absolute Gasteiger partial charge is 0.272 e. The zero-order valence-corrected chi connectivity index (χ0v) is 14.5. The molecule has 1 N–H and O–H groups in total. The fraction of sp³-hybridized carbons (Fsp3) is 0.333. The standard InChI is InChI=1S/C15H17BrN4O3/c1-3-19-9-10(8-17-19)18-15(21)12-6-13-11(7-14(16)23-13)20(12)4-5-22-2/h6-9H,3-5H2,1-2H3,(H,18,21). The van der Waals surface area contributed by atoms with Crippen LogP contribution in [-0.2, 0) is 17.8 Å². The molecule has 0 aromatic carbocycles. The Morgan fingerprint density at radius 2 is 2.30 bits per heavy atom. The molecule has 0 radical (unpaired) electrons. The summed E-state index contributed by atoms with van der Waals surface area (Å²) in [6.45, 7) is 3.80. The lowest BCUT2D eigenvalue weighted by molar-refractivity contribution is 0.101. The summed E-state index contributed by atoms with van der Waals surface area (Å²) in [5.41, 5.74) is 2.69. The molecule has 0 aliphatic carbocycles. The first-order chi connectivity index (χ1) is 11.1. The van der Waals surface area contributed by atoms with Crippen LogP contribution in [0.4, 0.5) is 5.69 Å². The number of furan rings is 1. The fourth-order valence-electron chi connectivity index (χ4n) is 2.42. The number of aromatic nitrogens is 3. The Hall–Kier alpha value is -2.06. The molecule has 0 aliphatic rings. The van der Waals surface area contributed by atoms with E-state index in [4.69, 9.17) is 9.15 Å². The highest BCUT2D eigenvalue weighted by Gasteiger charge is 2.19. The molecular formula is C15H17BrN4O3. The Labute approximate surface area is 141 Å². The Morgan fingerprint density at radius 1 is 1.48 bits per heavy atom. The number of nitrogens with zero attached hydrogens (tertiary/aromatic N) is 3. The fourth-order valence-corrected chi connectivity index (χ4v) is 2.81. The third-order valence-corrected chi connectivity index (χ3v) is 3.92. The first-order valence-corrected chi connectivity index (χ1v) is 8.03. The number of halogens is 1. The average molecular weight is 381 g/mol. The second-order valence-electron chi connectivity index (χ2n) is 5.01. The maximum absolute atomic E-state index is 12.6. The quantitative estimate of drug-likeness (QED) is 0.712. The molecule has 0 bridgehead atoms. The number of nitrogens with one attached hydrogen (secondary N) is 1. The predicted octanol–water partition coefficient (Wildman–Crippen LogP) is 3.11. The van der Waals surface area contributed by atoms with E-state index >= 15 is 0 Å². The van der Waals surface area contributed by atoms with Gasteiger partial charge in [0.05, 0.1) is 24.0 Å². The van der Waals surface area contributed by atoms with Gasteiger partial charge in [-0.3, -0.25) is 9.48 Å². The van der Waals surface area contributed by atoms with Crippen molar-refractivity contribution in [3.8, 4) is 0 Å². The van der Waals surface area contributed by atoms with Crippen LogP contribution in [-0.4, -0.2) is 34.0 Å². The number of aryl methyl sites for hydroxylation is 1. The maximum atomic E-state index is 12.6. The van der Waals surface area contributed by atoms with Crippen LogP contribution in [0, 0.1) is 0 Å². The number of carbonyl (C=O) groups excluding carboxylic acids is 1. The first-order valence-electron chi connectivity index (χ1n) is 7.23. The van der Waals surface area contributed by atoms with Gasteiger partial charge in [-0.2, -0.15) is 5.10 Å². The van der Waals surface area contributed by atoms with Crippen molar-refractivity contribution in [1.82, 2.24) is 14.3 Å². The minimum absolute atomic E-state index is 0.209. The summed E-state index contributed by atoms with van der Waals surface area (Å²) in [5, 5.41) is 7.01. The molecule has 0 saturated carbocycles. The zero-order valence-electron chi connectivity index (χ0n) is 12.9. The highest BCUT2D eigenvalue weighted by atomic mass is 79.9. The van der Waals surface area contributed by atoms with E-state index in [0.717, 1.165) is 12.1 Å². The summed E-state index contributed by atoms with van der Waals surface area (Å²) in [4.78, 5) is 12.6. The summed E-state index contributed by atoms with van der Waals surface area (Å²) in [5.74, 6) is -0.209. The number of fused-ring (bicyclic) bond motifs is 1. The third kappa shape index (κ3) is 3.18. The Balaban J connectivity index is 1.90. The highest BCUT2D eigenvalue weighted by molar-refractivity contribution is 9.10. The van der Waals surface area contributed by atoms with Crippen molar-refractivity contribution < 1.29 is 13.9 Å². The lowest BCUT2D eigenvalue weighted by Crippen LogP contribution is -2.18. The zero-order chi connectivity index (χ0) is 16.4. The molecule has 3 aromatic heterocycles. The van der Waals surface area contributed by atoms with Gasteiger partial charge in [0.2, 0.25) is 0 Å². The number of rotatable bonds is 6. The Morgan fingerprint density at radius 3 is 3.00 bits per heavy atom. The number of hydrogen-bond acceptors (Lipinski definition) is 4. The monoisotopic (exact) mass is 380 g/mol. The van der Waals surface area contributed by atoms with E-state index in [1.165, 1.54) is 0 Å². The first kappa shape index (κ1) is 15.8. The molecule has 3 rings (SSSR count). The number of anilines is 1. The van der Waals surface area contributed by atoms with Gasteiger partial charge < -0.3 is 19.0 Å². The summed E-state index contributed by atoms with van der Waals surface area (Å²) in [7, 11) is 1.63. The molecule has 0 unspecified atom stereocenters. The van der Waals surface area contributed by atoms with E-state index in [9.17, 15) is 4.79 Å². The SMILES string of the molecule is CCn1cc(NC(=O)c2cc3oc(Br)cc3n2CCOC)cn1. The van der Waals surface area contributed by atoms with Crippen LogP contribution in [0.15, 0.2) is 33.6 Å². The van der Waals surface area contributed by atoms with Crippen molar-refractivity contribution in [3.63, 3.8) is 0 Å². The third-order valence-electron chi connectivity index (χ3n) is 3.53. The van der Waals surface area contributed by atoms with Crippen molar-refractivity contribution in [2.24, 2.45) is 0 Å². The summed E-state index contributed by atoms with van der Waals surface area (Å²) < 4.78 is 14.9. The van der Waals surface area contributed by atoms with Crippen LogP contribution < -0.4 is 5.32 Å². The van der Waals surface area contributed by atoms with E-state index in [2.05, 4.69) is 26.3 Å². The van der Waals surface area contributed by atoms with Crippen molar-refractivity contribution in [3.05, 3.63) is 34.9 Å². The van der Waals surface area contributed by atoms with Crippen LogP contribution in [0.2, 0.25) is 0 Å². The molecule has 0 aliphatic heterocycles.